The second-order valence-corrected chi connectivity index (χ2v) is 8.20. The van der Waals surface area contributed by atoms with Crippen molar-refractivity contribution in [2.75, 3.05) is 60.2 Å². The molecule has 0 aromatic heterocycles. The van der Waals surface area contributed by atoms with Crippen molar-refractivity contribution in [1.29, 1.82) is 0 Å². The van der Waals surface area contributed by atoms with Gasteiger partial charge in [-0.25, -0.2) is 0 Å². The third-order valence-corrected chi connectivity index (χ3v) is 6.13. The molecule has 2 saturated heterocycles. The van der Waals surface area contributed by atoms with Gasteiger partial charge in [-0.1, -0.05) is 18.2 Å². The van der Waals surface area contributed by atoms with Crippen molar-refractivity contribution in [2.24, 2.45) is 5.92 Å². The van der Waals surface area contributed by atoms with Gasteiger partial charge >= 0.3 is 0 Å². The zero-order valence-corrected chi connectivity index (χ0v) is 18.0. The molecule has 6 heteroatoms. The minimum Gasteiger partial charge on any atom is -0.496 e. The molecule has 2 aliphatic rings. The van der Waals surface area contributed by atoms with Crippen molar-refractivity contribution in [2.45, 2.75) is 38.2 Å². The summed E-state index contributed by atoms with van der Waals surface area (Å²) < 4.78 is 16.5. The second-order valence-electron chi connectivity index (χ2n) is 8.20. The molecule has 0 radical (unpaired) electrons. The van der Waals surface area contributed by atoms with Crippen LogP contribution in [-0.4, -0.2) is 82.0 Å². The number of carbonyl (C=O) groups excluding carboxylic acids is 1. The van der Waals surface area contributed by atoms with Gasteiger partial charge in [-0.3, -0.25) is 4.79 Å². The third-order valence-electron chi connectivity index (χ3n) is 6.13. The van der Waals surface area contributed by atoms with Gasteiger partial charge < -0.3 is 24.0 Å². The molecule has 0 bridgehead atoms. The summed E-state index contributed by atoms with van der Waals surface area (Å²) in [6, 6.07) is 7.80. The Morgan fingerprint density at radius 1 is 1.17 bits per heavy atom. The molecule has 0 spiro atoms. The smallest absolute Gasteiger partial charge is 0.227 e. The summed E-state index contributed by atoms with van der Waals surface area (Å²) in [6.07, 6.45) is 4.97. The lowest BCUT2D eigenvalue weighted by atomic mass is 9.95. The quantitative estimate of drug-likeness (QED) is 0.600. The Hall–Kier alpha value is -1.63. The van der Waals surface area contributed by atoms with Crippen LogP contribution in [0.3, 0.4) is 0 Å². The van der Waals surface area contributed by atoms with Crippen molar-refractivity contribution in [3.8, 4) is 5.75 Å². The van der Waals surface area contributed by atoms with Crippen LogP contribution < -0.4 is 4.74 Å². The van der Waals surface area contributed by atoms with Crippen molar-refractivity contribution in [3.05, 3.63) is 29.8 Å². The predicted octanol–water partition coefficient (Wildman–Crippen LogP) is 2.60. The number of amides is 1. The highest BCUT2D eigenvalue weighted by Gasteiger charge is 2.27. The first-order chi connectivity index (χ1) is 14.2. The number of hydrogen-bond acceptors (Lipinski definition) is 5. The lowest BCUT2D eigenvalue weighted by molar-refractivity contribution is -0.133. The van der Waals surface area contributed by atoms with Crippen LogP contribution >= 0.6 is 0 Å². The zero-order valence-electron chi connectivity index (χ0n) is 18.0. The zero-order chi connectivity index (χ0) is 20.5. The predicted molar refractivity (Wildman–Crippen MR) is 113 cm³/mol. The molecule has 3 rings (SSSR count). The highest BCUT2D eigenvalue weighted by atomic mass is 16.5. The standard InChI is InChI=1S/C23H36N2O4/c1-27-15-13-24-11-9-19(10-12-24)17-25(18-21-7-5-14-29-21)23(26)16-20-6-3-4-8-22(20)28-2/h3-4,6,8,19,21H,5,7,9-18H2,1-2H3/t21-/m1/s1. The Labute approximate surface area is 175 Å². The van der Waals surface area contributed by atoms with E-state index >= 15 is 0 Å². The van der Waals surface area contributed by atoms with Crippen LogP contribution in [0.2, 0.25) is 0 Å². The molecular formula is C23H36N2O4. The van der Waals surface area contributed by atoms with Crippen molar-refractivity contribution in [1.82, 2.24) is 9.80 Å². The molecular weight excluding hydrogens is 368 g/mol. The van der Waals surface area contributed by atoms with E-state index in [1.54, 1.807) is 14.2 Å². The minimum absolute atomic E-state index is 0.173. The van der Waals surface area contributed by atoms with Gasteiger partial charge in [0.05, 0.1) is 26.2 Å². The fraction of sp³-hybridized carbons (Fsp3) is 0.696. The van der Waals surface area contributed by atoms with E-state index in [0.717, 1.165) is 76.4 Å². The number of benzene rings is 1. The molecule has 2 aliphatic heterocycles. The molecule has 1 amide bonds. The molecule has 0 saturated carbocycles. The van der Waals surface area contributed by atoms with Crippen LogP contribution in [0, 0.1) is 5.92 Å². The molecule has 6 nitrogen and oxygen atoms in total. The average Bonchev–Trinajstić information content (AvgIpc) is 3.26. The molecule has 0 unspecified atom stereocenters. The first kappa shape index (κ1) is 22.1. The number of ether oxygens (including phenoxy) is 3. The van der Waals surface area contributed by atoms with Gasteiger partial charge in [0, 0.05) is 38.9 Å². The maximum absolute atomic E-state index is 13.2. The molecule has 1 aromatic rings. The number of piperidine rings is 1. The van der Waals surface area contributed by atoms with E-state index in [2.05, 4.69) is 9.80 Å². The van der Waals surface area contributed by atoms with E-state index in [1.807, 2.05) is 24.3 Å². The molecule has 29 heavy (non-hydrogen) atoms. The van der Waals surface area contributed by atoms with Gasteiger partial charge in [-0.2, -0.15) is 0 Å². The summed E-state index contributed by atoms with van der Waals surface area (Å²) in [5, 5.41) is 0. The van der Waals surface area contributed by atoms with Crippen LogP contribution in [0.25, 0.3) is 0 Å². The number of methoxy groups -OCH3 is 2. The topological polar surface area (TPSA) is 51.2 Å². The lowest BCUT2D eigenvalue weighted by Crippen LogP contribution is -2.44. The van der Waals surface area contributed by atoms with Crippen molar-refractivity contribution in [3.63, 3.8) is 0 Å². The van der Waals surface area contributed by atoms with E-state index in [0.29, 0.717) is 18.9 Å². The van der Waals surface area contributed by atoms with Gasteiger partial charge in [0.15, 0.2) is 0 Å². The lowest BCUT2D eigenvalue weighted by Gasteiger charge is -2.35. The first-order valence-corrected chi connectivity index (χ1v) is 10.9. The number of hydrogen-bond donors (Lipinski definition) is 0. The van der Waals surface area contributed by atoms with E-state index < -0.39 is 0 Å². The van der Waals surface area contributed by atoms with Crippen molar-refractivity contribution < 1.29 is 19.0 Å². The SMILES string of the molecule is COCCN1CCC(CN(C[C@H]2CCCO2)C(=O)Cc2ccccc2OC)CC1. The van der Waals surface area contributed by atoms with E-state index in [4.69, 9.17) is 14.2 Å². The van der Waals surface area contributed by atoms with Crippen LogP contribution in [-0.2, 0) is 20.7 Å². The maximum atomic E-state index is 13.2. The van der Waals surface area contributed by atoms with Crippen molar-refractivity contribution >= 4 is 5.91 Å². The molecule has 162 valence electrons. The average molecular weight is 405 g/mol. The minimum atomic E-state index is 0.173. The highest BCUT2D eigenvalue weighted by Crippen LogP contribution is 2.23. The fourth-order valence-corrected chi connectivity index (χ4v) is 4.36. The van der Waals surface area contributed by atoms with Crippen LogP contribution in [0.15, 0.2) is 24.3 Å². The monoisotopic (exact) mass is 404 g/mol. The van der Waals surface area contributed by atoms with E-state index in [-0.39, 0.29) is 12.0 Å². The molecule has 2 heterocycles. The Kier molecular flexibility index (Phi) is 8.77. The molecule has 1 aromatic carbocycles. The summed E-state index contributed by atoms with van der Waals surface area (Å²) in [6.45, 7) is 6.30. The number of para-hydroxylation sites is 1. The molecule has 0 N–H and O–H groups in total. The summed E-state index contributed by atoms with van der Waals surface area (Å²) in [4.78, 5) is 17.7. The second kappa shape index (κ2) is 11.5. The summed E-state index contributed by atoms with van der Waals surface area (Å²) in [7, 11) is 3.41. The highest BCUT2D eigenvalue weighted by molar-refractivity contribution is 5.79. The van der Waals surface area contributed by atoms with Gasteiger partial charge in [-0.05, 0) is 50.8 Å². The van der Waals surface area contributed by atoms with Crippen LogP contribution in [0.1, 0.15) is 31.2 Å². The largest absolute Gasteiger partial charge is 0.496 e. The molecule has 2 fully saturated rings. The van der Waals surface area contributed by atoms with Crippen LogP contribution in [0.5, 0.6) is 5.75 Å². The third kappa shape index (κ3) is 6.69. The molecule has 0 aliphatic carbocycles. The summed E-state index contributed by atoms with van der Waals surface area (Å²) in [5.41, 5.74) is 0.951. The fourth-order valence-electron chi connectivity index (χ4n) is 4.36. The van der Waals surface area contributed by atoms with Gasteiger partial charge in [-0.15, -0.1) is 0 Å². The number of rotatable bonds is 10. The van der Waals surface area contributed by atoms with Crippen LogP contribution in [0.4, 0.5) is 0 Å². The summed E-state index contributed by atoms with van der Waals surface area (Å²) >= 11 is 0. The van der Waals surface area contributed by atoms with Gasteiger partial charge in [0.1, 0.15) is 5.75 Å². The number of carbonyl (C=O) groups is 1. The van der Waals surface area contributed by atoms with Gasteiger partial charge in [0.25, 0.3) is 0 Å². The van der Waals surface area contributed by atoms with Gasteiger partial charge in [0.2, 0.25) is 5.91 Å². The summed E-state index contributed by atoms with van der Waals surface area (Å²) in [5.74, 6) is 1.51. The Bertz CT molecular complexity index is 625. The van der Waals surface area contributed by atoms with E-state index in [9.17, 15) is 4.79 Å². The maximum Gasteiger partial charge on any atom is 0.227 e. The normalized spacial score (nSPS) is 20.7. The van der Waals surface area contributed by atoms with E-state index in [1.165, 1.54) is 0 Å². The Balaban J connectivity index is 1.59. The number of nitrogens with zero attached hydrogens (tertiary/aromatic N) is 2. The first-order valence-electron chi connectivity index (χ1n) is 10.9. The Morgan fingerprint density at radius 3 is 2.66 bits per heavy atom. The molecule has 1 atom stereocenters. The number of likely N-dealkylation sites (tertiary alicyclic amines) is 1. The Morgan fingerprint density at radius 2 is 1.97 bits per heavy atom.